The molecule has 4 heteroatoms. The molecule has 0 aromatic carbocycles. The molecule has 0 N–H and O–H groups in total. The lowest BCUT2D eigenvalue weighted by atomic mass is 10.2. The van der Waals surface area contributed by atoms with Crippen LogP contribution in [0.2, 0.25) is 0 Å². The number of anilines is 1. The monoisotopic (exact) mass is 277 g/mol. The minimum Gasteiger partial charge on any atom is -0.355 e. The van der Waals surface area contributed by atoms with Gasteiger partial charge in [0.1, 0.15) is 5.82 Å². The Balaban J connectivity index is 2.09. The van der Waals surface area contributed by atoms with Gasteiger partial charge in [0, 0.05) is 36.7 Å². The Morgan fingerprint density at radius 3 is 2.56 bits per heavy atom. The van der Waals surface area contributed by atoms with Crippen LogP contribution < -0.4 is 4.90 Å². The fourth-order valence-electron chi connectivity index (χ4n) is 1.44. The number of aromatic nitrogens is 2. The van der Waals surface area contributed by atoms with Gasteiger partial charge in [-0.15, -0.1) is 0 Å². The summed E-state index contributed by atoms with van der Waals surface area (Å²) in [6.07, 6.45) is 5.41. The number of halogens is 1. The lowest BCUT2D eigenvalue weighted by Crippen LogP contribution is -2.17. The highest BCUT2D eigenvalue weighted by atomic mass is 79.9. The SMILES string of the molecule is CN(Cc1ccncc1)c1ccc(Br)cn1. The first-order valence-electron chi connectivity index (χ1n) is 4.97. The van der Waals surface area contributed by atoms with Crippen LogP contribution in [0.3, 0.4) is 0 Å². The predicted molar refractivity (Wildman–Crippen MR) is 68.3 cm³/mol. The first-order valence-corrected chi connectivity index (χ1v) is 5.76. The second-order valence-electron chi connectivity index (χ2n) is 3.55. The standard InChI is InChI=1S/C12H12BrN3/c1-16(9-10-4-6-14-7-5-10)12-3-2-11(13)8-15-12/h2-8H,9H2,1H3. The molecule has 0 amide bonds. The van der Waals surface area contributed by atoms with Gasteiger partial charge in [-0.3, -0.25) is 4.98 Å². The van der Waals surface area contributed by atoms with Crippen molar-refractivity contribution < 1.29 is 0 Å². The van der Waals surface area contributed by atoms with Gasteiger partial charge >= 0.3 is 0 Å². The fraction of sp³-hybridized carbons (Fsp3) is 0.167. The van der Waals surface area contributed by atoms with E-state index in [-0.39, 0.29) is 0 Å². The van der Waals surface area contributed by atoms with Crippen molar-refractivity contribution in [3.63, 3.8) is 0 Å². The van der Waals surface area contributed by atoms with E-state index >= 15 is 0 Å². The minimum atomic E-state index is 0.831. The van der Waals surface area contributed by atoms with Crippen LogP contribution in [-0.2, 0) is 6.54 Å². The lowest BCUT2D eigenvalue weighted by Gasteiger charge is -2.17. The molecule has 0 aliphatic rings. The Hall–Kier alpha value is -1.42. The molecule has 0 spiro atoms. The third-order valence-electron chi connectivity index (χ3n) is 2.27. The van der Waals surface area contributed by atoms with Crippen molar-refractivity contribution in [1.29, 1.82) is 0 Å². The van der Waals surface area contributed by atoms with Gasteiger partial charge in [0.05, 0.1) is 0 Å². The highest BCUT2D eigenvalue weighted by molar-refractivity contribution is 9.10. The van der Waals surface area contributed by atoms with E-state index in [0.29, 0.717) is 0 Å². The molecule has 0 aliphatic carbocycles. The van der Waals surface area contributed by atoms with Crippen molar-refractivity contribution in [2.45, 2.75) is 6.54 Å². The normalized spacial score (nSPS) is 10.1. The lowest BCUT2D eigenvalue weighted by molar-refractivity contribution is 0.894. The summed E-state index contributed by atoms with van der Waals surface area (Å²) in [6, 6.07) is 8.00. The van der Waals surface area contributed by atoms with E-state index in [0.717, 1.165) is 16.8 Å². The molecular formula is C12H12BrN3. The maximum Gasteiger partial charge on any atom is 0.128 e. The van der Waals surface area contributed by atoms with Gasteiger partial charge in [-0.25, -0.2) is 4.98 Å². The average Bonchev–Trinajstić information content (AvgIpc) is 2.31. The molecule has 0 saturated heterocycles. The van der Waals surface area contributed by atoms with Gasteiger partial charge < -0.3 is 4.90 Å². The molecule has 2 aromatic rings. The number of hydrogen-bond acceptors (Lipinski definition) is 3. The summed E-state index contributed by atoms with van der Waals surface area (Å²) >= 11 is 3.37. The zero-order valence-corrected chi connectivity index (χ0v) is 10.6. The summed E-state index contributed by atoms with van der Waals surface area (Å²) in [5.41, 5.74) is 1.22. The van der Waals surface area contributed by atoms with Crippen molar-refractivity contribution in [2.75, 3.05) is 11.9 Å². The minimum absolute atomic E-state index is 0.831. The molecule has 0 saturated carbocycles. The van der Waals surface area contributed by atoms with Crippen molar-refractivity contribution in [1.82, 2.24) is 9.97 Å². The van der Waals surface area contributed by atoms with Crippen molar-refractivity contribution >= 4 is 21.7 Å². The summed E-state index contributed by atoms with van der Waals surface area (Å²) in [4.78, 5) is 10.4. The van der Waals surface area contributed by atoms with Gasteiger partial charge in [-0.05, 0) is 45.8 Å². The predicted octanol–water partition coefficient (Wildman–Crippen LogP) is 2.88. The zero-order valence-electron chi connectivity index (χ0n) is 8.97. The second-order valence-corrected chi connectivity index (χ2v) is 4.46. The van der Waals surface area contributed by atoms with Gasteiger partial charge in [0.25, 0.3) is 0 Å². The second kappa shape index (κ2) is 5.07. The summed E-state index contributed by atoms with van der Waals surface area (Å²) < 4.78 is 0.994. The zero-order chi connectivity index (χ0) is 11.4. The first-order chi connectivity index (χ1) is 7.75. The molecule has 16 heavy (non-hydrogen) atoms. The summed E-state index contributed by atoms with van der Waals surface area (Å²) in [7, 11) is 2.02. The molecule has 0 bridgehead atoms. The summed E-state index contributed by atoms with van der Waals surface area (Å²) in [5, 5.41) is 0. The molecular weight excluding hydrogens is 266 g/mol. The largest absolute Gasteiger partial charge is 0.355 e. The smallest absolute Gasteiger partial charge is 0.128 e. The van der Waals surface area contributed by atoms with Crippen LogP contribution in [0.1, 0.15) is 5.56 Å². The number of rotatable bonds is 3. The van der Waals surface area contributed by atoms with Crippen LogP contribution >= 0.6 is 15.9 Å². The van der Waals surface area contributed by atoms with Crippen LogP contribution in [0, 0.1) is 0 Å². The van der Waals surface area contributed by atoms with E-state index in [1.54, 1.807) is 18.6 Å². The maximum atomic E-state index is 4.34. The van der Waals surface area contributed by atoms with Crippen LogP contribution in [0.4, 0.5) is 5.82 Å². The van der Waals surface area contributed by atoms with E-state index in [4.69, 9.17) is 0 Å². The number of pyridine rings is 2. The molecule has 0 atom stereocenters. The van der Waals surface area contributed by atoms with Crippen molar-refractivity contribution in [3.05, 3.63) is 52.9 Å². The molecule has 3 nitrogen and oxygen atoms in total. The van der Waals surface area contributed by atoms with Crippen LogP contribution in [-0.4, -0.2) is 17.0 Å². The molecule has 0 fully saturated rings. The molecule has 82 valence electrons. The number of hydrogen-bond donors (Lipinski definition) is 0. The van der Waals surface area contributed by atoms with Crippen LogP contribution in [0.5, 0.6) is 0 Å². The highest BCUT2D eigenvalue weighted by Crippen LogP contribution is 2.15. The van der Waals surface area contributed by atoms with E-state index < -0.39 is 0 Å². The Morgan fingerprint density at radius 2 is 1.94 bits per heavy atom. The topological polar surface area (TPSA) is 29.0 Å². The van der Waals surface area contributed by atoms with Gasteiger partial charge in [0.15, 0.2) is 0 Å². The molecule has 2 heterocycles. The maximum absolute atomic E-state index is 4.34. The quantitative estimate of drug-likeness (QED) is 0.864. The Morgan fingerprint density at radius 1 is 1.19 bits per heavy atom. The van der Waals surface area contributed by atoms with E-state index in [2.05, 4.69) is 30.8 Å². The van der Waals surface area contributed by atoms with Gasteiger partial charge in [0.2, 0.25) is 0 Å². The number of nitrogens with zero attached hydrogens (tertiary/aromatic N) is 3. The van der Waals surface area contributed by atoms with Gasteiger partial charge in [-0.1, -0.05) is 0 Å². The third-order valence-corrected chi connectivity index (χ3v) is 2.74. The van der Waals surface area contributed by atoms with Crippen molar-refractivity contribution in [2.24, 2.45) is 0 Å². The molecule has 0 unspecified atom stereocenters. The van der Waals surface area contributed by atoms with Crippen molar-refractivity contribution in [3.8, 4) is 0 Å². The Bertz CT molecular complexity index is 442. The molecule has 2 aromatic heterocycles. The molecule has 0 aliphatic heterocycles. The Kier molecular flexibility index (Phi) is 3.51. The fourth-order valence-corrected chi connectivity index (χ4v) is 1.67. The van der Waals surface area contributed by atoms with Gasteiger partial charge in [-0.2, -0.15) is 0 Å². The Labute approximate surface area is 103 Å². The summed E-state index contributed by atoms with van der Waals surface area (Å²) in [5.74, 6) is 0.958. The van der Waals surface area contributed by atoms with E-state index in [1.807, 2.05) is 31.3 Å². The molecule has 0 radical (unpaired) electrons. The van der Waals surface area contributed by atoms with Crippen LogP contribution in [0.25, 0.3) is 0 Å². The average molecular weight is 278 g/mol. The third kappa shape index (κ3) is 2.79. The first kappa shape index (κ1) is 11.1. The van der Waals surface area contributed by atoms with E-state index in [1.165, 1.54) is 5.56 Å². The van der Waals surface area contributed by atoms with E-state index in [9.17, 15) is 0 Å². The molecule has 2 rings (SSSR count). The van der Waals surface area contributed by atoms with Crippen LogP contribution in [0.15, 0.2) is 47.3 Å². The summed E-state index contributed by atoms with van der Waals surface area (Å²) in [6.45, 7) is 0.831. The highest BCUT2D eigenvalue weighted by Gasteiger charge is 2.02.